The van der Waals surface area contributed by atoms with Crippen LogP contribution in [0, 0.1) is 5.92 Å². The smallest absolute Gasteiger partial charge is 0.360 e. The number of hydrogen-bond acceptors (Lipinski definition) is 7. The lowest BCUT2D eigenvalue weighted by molar-refractivity contribution is -0.0311. The third kappa shape index (κ3) is 3.22. The fraction of sp³-hybridized carbons (Fsp3) is 0.438. The first kappa shape index (κ1) is 15.7. The van der Waals surface area contributed by atoms with Gasteiger partial charge in [-0.05, 0) is 25.0 Å². The van der Waals surface area contributed by atoms with Crippen LogP contribution < -0.4 is 0 Å². The molecule has 4 rings (SSSR count). The van der Waals surface area contributed by atoms with Crippen LogP contribution in [0.4, 0.5) is 0 Å². The van der Waals surface area contributed by atoms with Crippen molar-refractivity contribution in [3.63, 3.8) is 0 Å². The Bertz CT molecular complexity index is 898. The lowest BCUT2D eigenvalue weighted by atomic mass is 9.99. The summed E-state index contributed by atoms with van der Waals surface area (Å²) in [5.74, 6) is 0.0734. The third-order valence-electron chi connectivity index (χ3n) is 4.05. The van der Waals surface area contributed by atoms with Crippen LogP contribution in [0.15, 0.2) is 24.7 Å². The van der Waals surface area contributed by atoms with Crippen LogP contribution in [0.3, 0.4) is 0 Å². The Morgan fingerprint density at radius 2 is 2.28 bits per heavy atom. The molecule has 0 spiro atoms. The van der Waals surface area contributed by atoms with Gasteiger partial charge in [0.15, 0.2) is 11.3 Å². The number of ether oxygens (including phenoxy) is 2. The van der Waals surface area contributed by atoms with Gasteiger partial charge in [0.05, 0.1) is 44.5 Å². The van der Waals surface area contributed by atoms with Crippen LogP contribution in [0.1, 0.15) is 28.7 Å². The van der Waals surface area contributed by atoms with Gasteiger partial charge in [-0.3, -0.25) is 0 Å². The molecule has 0 bridgehead atoms. The number of hydrogen-bond donors (Lipinski definition) is 0. The molecule has 9 heteroatoms. The third-order valence-corrected chi connectivity index (χ3v) is 4.05. The quantitative estimate of drug-likeness (QED) is 0.609. The van der Waals surface area contributed by atoms with E-state index in [0.717, 1.165) is 36.5 Å². The molecule has 1 fully saturated rings. The summed E-state index contributed by atoms with van der Waals surface area (Å²) in [5, 5.41) is 12.1. The molecular formula is C16H18N6O3. The van der Waals surface area contributed by atoms with Crippen molar-refractivity contribution >= 4 is 11.6 Å². The van der Waals surface area contributed by atoms with Gasteiger partial charge in [-0.2, -0.15) is 5.10 Å². The zero-order valence-electron chi connectivity index (χ0n) is 13.8. The molecule has 0 radical (unpaired) electrons. The van der Waals surface area contributed by atoms with Gasteiger partial charge in [-0.25, -0.2) is 19.0 Å². The molecule has 1 aliphatic heterocycles. The Morgan fingerprint density at radius 3 is 3.04 bits per heavy atom. The first-order valence-corrected chi connectivity index (χ1v) is 8.20. The minimum Gasteiger partial charge on any atom is -0.461 e. The SMILES string of the molecule is CCOC(=O)c1cn(Cc2cn3nccc(CC4COC4)c3n2)nn1. The molecule has 0 aromatic carbocycles. The van der Waals surface area contributed by atoms with E-state index in [0.29, 0.717) is 19.1 Å². The van der Waals surface area contributed by atoms with Crippen LogP contribution in [0.25, 0.3) is 5.65 Å². The maximum atomic E-state index is 11.7. The van der Waals surface area contributed by atoms with Crippen molar-refractivity contribution in [2.24, 2.45) is 5.92 Å². The lowest BCUT2D eigenvalue weighted by Crippen LogP contribution is -2.29. The van der Waals surface area contributed by atoms with E-state index in [2.05, 4.69) is 20.4 Å². The van der Waals surface area contributed by atoms with Crippen molar-refractivity contribution in [3.8, 4) is 0 Å². The number of fused-ring (bicyclic) bond motifs is 1. The van der Waals surface area contributed by atoms with Gasteiger partial charge in [0.1, 0.15) is 0 Å². The average Bonchev–Trinajstić information content (AvgIpc) is 3.18. The molecule has 0 amide bonds. The number of carbonyl (C=O) groups excluding carboxylic acids is 1. The maximum Gasteiger partial charge on any atom is 0.360 e. The van der Waals surface area contributed by atoms with Crippen molar-refractivity contribution in [1.82, 2.24) is 29.6 Å². The topological polar surface area (TPSA) is 96.4 Å². The van der Waals surface area contributed by atoms with E-state index < -0.39 is 5.97 Å². The number of nitrogens with zero attached hydrogens (tertiary/aromatic N) is 6. The van der Waals surface area contributed by atoms with Gasteiger partial charge in [0.25, 0.3) is 0 Å². The maximum absolute atomic E-state index is 11.7. The van der Waals surface area contributed by atoms with Gasteiger partial charge in [0.2, 0.25) is 0 Å². The Balaban J connectivity index is 1.53. The average molecular weight is 342 g/mol. The Morgan fingerprint density at radius 1 is 1.40 bits per heavy atom. The predicted octanol–water partition coefficient (Wildman–Crippen LogP) is 0.735. The summed E-state index contributed by atoms with van der Waals surface area (Å²) in [4.78, 5) is 16.3. The highest BCUT2D eigenvalue weighted by atomic mass is 16.5. The highest BCUT2D eigenvalue weighted by Crippen LogP contribution is 2.19. The summed E-state index contributed by atoms with van der Waals surface area (Å²) >= 11 is 0. The van der Waals surface area contributed by atoms with E-state index in [-0.39, 0.29) is 5.69 Å². The molecule has 9 nitrogen and oxygen atoms in total. The first-order valence-electron chi connectivity index (χ1n) is 8.20. The summed E-state index contributed by atoms with van der Waals surface area (Å²) in [6, 6.07) is 2.00. The monoisotopic (exact) mass is 342 g/mol. The van der Waals surface area contributed by atoms with E-state index >= 15 is 0 Å². The molecule has 0 N–H and O–H groups in total. The second-order valence-electron chi connectivity index (χ2n) is 5.99. The van der Waals surface area contributed by atoms with Gasteiger partial charge in [-0.1, -0.05) is 5.21 Å². The molecule has 4 heterocycles. The van der Waals surface area contributed by atoms with Gasteiger partial charge in [0, 0.05) is 12.1 Å². The van der Waals surface area contributed by atoms with Crippen LogP contribution in [-0.2, 0) is 22.4 Å². The van der Waals surface area contributed by atoms with E-state index in [4.69, 9.17) is 9.47 Å². The number of aromatic nitrogens is 6. The van der Waals surface area contributed by atoms with E-state index in [9.17, 15) is 4.79 Å². The molecule has 3 aromatic heterocycles. The molecule has 0 saturated carbocycles. The van der Waals surface area contributed by atoms with Crippen LogP contribution in [0.2, 0.25) is 0 Å². The number of carbonyl (C=O) groups is 1. The van der Waals surface area contributed by atoms with Gasteiger partial charge < -0.3 is 9.47 Å². The van der Waals surface area contributed by atoms with E-state index in [1.807, 2.05) is 12.3 Å². The lowest BCUT2D eigenvalue weighted by Gasteiger charge is -2.25. The fourth-order valence-corrected chi connectivity index (χ4v) is 2.78. The standard InChI is InChI=1S/C16H18N6O3/c1-2-25-16(23)14-8-21(20-19-14)6-13-7-22-15(18-13)12(3-4-17-22)5-11-9-24-10-11/h3-4,7-8,11H,2,5-6,9-10H2,1H3. The molecule has 0 atom stereocenters. The minimum atomic E-state index is -0.476. The summed E-state index contributed by atoms with van der Waals surface area (Å²) < 4.78 is 13.5. The Labute approximate surface area is 143 Å². The summed E-state index contributed by atoms with van der Waals surface area (Å²) in [6.07, 6.45) is 6.13. The van der Waals surface area contributed by atoms with Crippen molar-refractivity contribution in [1.29, 1.82) is 0 Å². The molecule has 25 heavy (non-hydrogen) atoms. The molecule has 0 unspecified atom stereocenters. The zero-order chi connectivity index (χ0) is 17.2. The zero-order valence-corrected chi connectivity index (χ0v) is 13.8. The second kappa shape index (κ2) is 6.60. The van der Waals surface area contributed by atoms with Gasteiger partial charge >= 0.3 is 5.97 Å². The second-order valence-corrected chi connectivity index (χ2v) is 5.99. The molecule has 130 valence electrons. The Hall–Kier alpha value is -2.81. The number of imidazole rings is 1. The summed E-state index contributed by atoms with van der Waals surface area (Å²) in [5.41, 5.74) is 2.98. The van der Waals surface area contributed by atoms with Crippen LogP contribution >= 0.6 is 0 Å². The van der Waals surface area contributed by atoms with Crippen molar-refractivity contribution in [2.45, 2.75) is 19.9 Å². The molecule has 3 aromatic rings. The number of esters is 1. The highest BCUT2D eigenvalue weighted by molar-refractivity contribution is 5.86. The molecule has 0 aliphatic carbocycles. The minimum absolute atomic E-state index is 0.189. The highest BCUT2D eigenvalue weighted by Gasteiger charge is 2.21. The van der Waals surface area contributed by atoms with Gasteiger partial charge in [-0.15, -0.1) is 5.10 Å². The van der Waals surface area contributed by atoms with E-state index in [1.54, 1.807) is 28.5 Å². The van der Waals surface area contributed by atoms with Crippen LogP contribution in [0.5, 0.6) is 0 Å². The summed E-state index contributed by atoms with van der Waals surface area (Å²) in [6.45, 7) is 4.06. The van der Waals surface area contributed by atoms with E-state index in [1.165, 1.54) is 0 Å². The largest absolute Gasteiger partial charge is 0.461 e. The fourth-order valence-electron chi connectivity index (χ4n) is 2.78. The predicted molar refractivity (Wildman–Crippen MR) is 86.1 cm³/mol. The number of rotatable bonds is 6. The Kier molecular flexibility index (Phi) is 4.14. The normalized spacial score (nSPS) is 14.6. The summed E-state index contributed by atoms with van der Waals surface area (Å²) in [7, 11) is 0. The van der Waals surface area contributed by atoms with Crippen molar-refractivity contribution in [3.05, 3.63) is 41.6 Å². The van der Waals surface area contributed by atoms with Crippen molar-refractivity contribution < 1.29 is 14.3 Å². The first-order chi connectivity index (χ1) is 12.2. The van der Waals surface area contributed by atoms with Crippen molar-refractivity contribution in [2.75, 3.05) is 19.8 Å². The molecule has 1 aliphatic rings. The van der Waals surface area contributed by atoms with Crippen LogP contribution in [-0.4, -0.2) is 55.4 Å². The molecular weight excluding hydrogens is 324 g/mol. The molecule has 1 saturated heterocycles.